The molecule has 26 heavy (non-hydrogen) atoms. The molecule has 0 amide bonds. The number of aromatic amines is 1. The number of rotatable bonds is 2. The molecule has 4 N–H and O–H groups in total. The van der Waals surface area contributed by atoms with E-state index in [-0.39, 0.29) is 11.6 Å². The van der Waals surface area contributed by atoms with Gasteiger partial charge in [-0.25, -0.2) is 0 Å². The van der Waals surface area contributed by atoms with Gasteiger partial charge in [-0.05, 0) is 37.6 Å². The molecule has 4 rings (SSSR count). The molecule has 0 saturated carbocycles. The number of ether oxygens (including phenoxy) is 1. The molecule has 0 unspecified atom stereocenters. The number of nitrogens with zero attached hydrogens (tertiary/aromatic N) is 2. The Kier molecular flexibility index (Phi) is 3.71. The van der Waals surface area contributed by atoms with E-state index < -0.39 is 5.92 Å². The van der Waals surface area contributed by atoms with Gasteiger partial charge in [0, 0.05) is 15.3 Å². The smallest absolute Gasteiger partial charge is 0.244 e. The number of aromatic nitrogens is 2. The Labute approximate surface area is 154 Å². The van der Waals surface area contributed by atoms with Crippen molar-refractivity contribution in [2.45, 2.75) is 19.8 Å². The summed E-state index contributed by atoms with van der Waals surface area (Å²) in [5.74, 6) is 0.0425. The number of fused-ring (bicyclic) bond motifs is 1. The first kappa shape index (κ1) is 16.2. The number of allylic oxidation sites excluding steroid dienone is 1. The number of aryl methyl sites for hydroxylation is 2. The van der Waals surface area contributed by atoms with Gasteiger partial charge in [-0.2, -0.15) is 5.26 Å². The molecule has 1 atom stereocenters. The minimum absolute atomic E-state index is 0.0320. The fourth-order valence-corrected chi connectivity index (χ4v) is 4.30. The van der Waals surface area contributed by atoms with Crippen LogP contribution in [0, 0.1) is 25.2 Å². The summed E-state index contributed by atoms with van der Waals surface area (Å²) >= 11 is 1.69. The van der Waals surface area contributed by atoms with Crippen molar-refractivity contribution in [3.63, 3.8) is 0 Å². The van der Waals surface area contributed by atoms with Crippen molar-refractivity contribution < 1.29 is 9.84 Å². The number of nitriles is 1. The quantitative estimate of drug-likeness (QED) is 0.643. The van der Waals surface area contributed by atoms with E-state index in [0.717, 1.165) is 27.3 Å². The van der Waals surface area contributed by atoms with Gasteiger partial charge < -0.3 is 15.6 Å². The number of aromatic hydroxyl groups is 1. The lowest BCUT2D eigenvalue weighted by Gasteiger charge is -2.24. The fourth-order valence-electron chi connectivity index (χ4n) is 3.37. The molecule has 3 aromatic rings. The molecular weight excluding hydrogens is 348 g/mol. The maximum atomic E-state index is 9.92. The van der Waals surface area contributed by atoms with E-state index in [4.69, 9.17) is 10.5 Å². The van der Waals surface area contributed by atoms with E-state index in [1.165, 1.54) is 4.88 Å². The predicted octanol–water partition coefficient (Wildman–Crippen LogP) is 3.68. The van der Waals surface area contributed by atoms with Gasteiger partial charge >= 0.3 is 0 Å². The average molecular weight is 364 g/mol. The zero-order valence-electron chi connectivity index (χ0n) is 14.2. The van der Waals surface area contributed by atoms with E-state index in [1.54, 1.807) is 29.5 Å². The highest BCUT2D eigenvalue weighted by Crippen LogP contribution is 2.47. The molecule has 1 aliphatic rings. The zero-order valence-corrected chi connectivity index (χ0v) is 15.0. The molecule has 1 aliphatic heterocycles. The van der Waals surface area contributed by atoms with Crippen molar-refractivity contribution in [3.05, 3.63) is 62.7 Å². The number of phenolic OH excluding ortho intramolecular Hbond substituents is 1. The first-order valence-electron chi connectivity index (χ1n) is 8.01. The summed E-state index contributed by atoms with van der Waals surface area (Å²) in [6, 6.07) is 11.1. The SMILES string of the molecule is Cc1cc(-c2[nH]nc3c2[C@@H](c2cccc(O)c2)C(C#N)=C(N)O3)c(C)s1. The topological polar surface area (TPSA) is 108 Å². The average Bonchev–Trinajstić information content (AvgIpc) is 3.15. The summed E-state index contributed by atoms with van der Waals surface area (Å²) in [6.07, 6.45) is 0. The van der Waals surface area contributed by atoms with Crippen LogP contribution < -0.4 is 10.5 Å². The minimum atomic E-state index is -0.468. The van der Waals surface area contributed by atoms with Gasteiger partial charge in [0.1, 0.15) is 17.4 Å². The molecule has 0 fully saturated rings. The second-order valence-electron chi connectivity index (χ2n) is 6.16. The van der Waals surface area contributed by atoms with Crippen molar-refractivity contribution in [2.24, 2.45) is 5.73 Å². The summed E-state index contributed by atoms with van der Waals surface area (Å²) in [5, 5.41) is 26.9. The summed E-state index contributed by atoms with van der Waals surface area (Å²) in [4.78, 5) is 2.33. The Morgan fingerprint density at radius 1 is 1.35 bits per heavy atom. The number of nitrogens with two attached hydrogens (primary N) is 1. The van der Waals surface area contributed by atoms with Crippen molar-refractivity contribution in [2.75, 3.05) is 0 Å². The zero-order chi connectivity index (χ0) is 18.4. The van der Waals surface area contributed by atoms with Crippen LogP contribution in [-0.4, -0.2) is 15.3 Å². The number of hydrogen-bond acceptors (Lipinski definition) is 6. The number of phenols is 1. The maximum Gasteiger partial charge on any atom is 0.244 e. The normalized spacial score (nSPS) is 16.1. The van der Waals surface area contributed by atoms with Crippen LogP contribution >= 0.6 is 11.3 Å². The minimum Gasteiger partial charge on any atom is -0.508 e. The summed E-state index contributed by atoms with van der Waals surface area (Å²) < 4.78 is 5.60. The second-order valence-corrected chi connectivity index (χ2v) is 7.62. The van der Waals surface area contributed by atoms with E-state index in [1.807, 2.05) is 19.9 Å². The Hall–Kier alpha value is -3.24. The van der Waals surface area contributed by atoms with Crippen LogP contribution in [0.4, 0.5) is 0 Å². The fraction of sp³-hybridized carbons (Fsp3) is 0.158. The Balaban J connectivity index is 1.98. The van der Waals surface area contributed by atoms with Crippen LogP contribution in [0.5, 0.6) is 11.6 Å². The monoisotopic (exact) mass is 364 g/mol. The molecule has 6 nitrogen and oxygen atoms in total. The third-order valence-electron chi connectivity index (χ3n) is 4.45. The molecule has 3 heterocycles. The van der Waals surface area contributed by atoms with Gasteiger partial charge in [0.15, 0.2) is 0 Å². The number of hydrogen-bond donors (Lipinski definition) is 3. The molecule has 1 aromatic carbocycles. The Morgan fingerprint density at radius 3 is 2.81 bits per heavy atom. The van der Waals surface area contributed by atoms with Gasteiger partial charge in [-0.15, -0.1) is 16.4 Å². The number of H-pyrrole nitrogens is 1. The van der Waals surface area contributed by atoms with E-state index in [9.17, 15) is 10.4 Å². The molecule has 0 aliphatic carbocycles. The van der Waals surface area contributed by atoms with Crippen LogP contribution in [-0.2, 0) is 0 Å². The van der Waals surface area contributed by atoms with Crippen LogP contribution in [0.3, 0.4) is 0 Å². The predicted molar refractivity (Wildman–Crippen MR) is 98.8 cm³/mol. The highest BCUT2D eigenvalue weighted by molar-refractivity contribution is 7.12. The van der Waals surface area contributed by atoms with Crippen molar-refractivity contribution >= 4 is 11.3 Å². The lowest BCUT2D eigenvalue weighted by Crippen LogP contribution is -2.20. The summed E-state index contributed by atoms with van der Waals surface area (Å²) in [7, 11) is 0. The second kappa shape index (κ2) is 5.93. The van der Waals surface area contributed by atoms with Gasteiger partial charge in [-0.3, -0.25) is 5.10 Å². The van der Waals surface area contributed by atoms with Crippen LogP contribution in [0.15, 0.2) is 41.8 Å². The number of nitrogens with one attached hydrogen (secondary N) is 1. The Bertz CT molecular complexity index is 1090. The van der Waals surface area contributed by atoms with Crippen molar-refractivity contribution in [3.8, 4) is 29.0 Å². The Morgan fingerprint density at radius 2 is 2.15 bits per heavy atom. The van der Waals surface area contributed by atoms with E-state index in [0.29, 0.717) is 11.5 Å². The highest BCUT2D eigenvalue weighted by Gasteiger charge is 2.36. The first-order chi connectivity index (χ1) is 12.5. The molecule has 2 aromatic heterocycles. The van der Waals surface area contributed by atoms with E-state index >= 15 is 0 Å². The lowest BCUT2D eigenvalue weighted by atomic mass is 9.83. The molecule has 0 saturated heterocycles. The third kappa shape index (κ3) is 2.43. The van der Waals surface area contributed by atoms with Crippen molar-refractivity contribution in [1.29, 1.82) is 5.26 Å². The number of thiophene rings is 1. The summed E-state index contributed by atoms with van der Waals surface area (Å²) in [6.45, 7) is 4.09. The molecule has 0 radical (unpaired) electrons. The van der Waals surface area contributed by atoms with Crippen LogP contribution in [0.25, 0.3) is 11.3 Å². The van der Waals surface area contributed by atoms with Gasteiger partial charge in [-0.1, -0.05) is 12.1 Å². The molecular formula is C19H16N4O2S. The summed E-state index contributed by atoms with van der Waals surface area (Å²) in [5.41, 5.74) is 9.60. The van der Waals surface area contributed by atoms with Gasteiger partial charge in [0.05, 0.1) is 17.2 Å². The molecule has 7 heteroatoms. The molecule has 0 spiro atoms. The standard InChI is InChI=1S/C19H16N4O2S/c1-9-6-13(10(2)26-9)17-16-15(11-4-3-5-12(24)7-11)14(8-20)18(21)25-19(16)23-22-17/h3-7,15,24H,21H2,1-2H3,(H,22,23)/t15-/m0/s1. The van der Waals surface area contributed by atoms with Gasteiger partial charge in [0.2, 0.25) is 11.8 Å². The van der Waals surface area contributed by atoms with E-state index in [2.05, 4.69) is 22.3 Å². The third-order valence-corrected chi connectivity index (χ3v) is 5.42. The largest absolute Gasteiger partial charge is 0.508 e. The van der Waals surface area contributed by atoms with Crippen LogP contribution in [0.1, 0.15) is 26.8 Å². The lowest BCUT2D eigenvalue weighted by molar-refractivity contribution is 0.378. The first-order valence-corrected chi connectivity index (χ1v) is 8.83. The van der Waals surface area contributed by atoms with Gasteiger partial charge in [0.25, 0.3) is 0 Å². The molecule has 0 bridgehead atoms. The van der Waals surface area contributed by atoms with Crippen molar-refractivity contribution in [1.82, 2.24) is 10.2 Å². The molecule has 130 valence electrons. The van der Waals surface area contributed by atoms with Crippen LogP contribution in [0.2, 0.25) is 0 Å². The maximum absolute atomic E-state index is 9.92. The highest BCUT2D eigenvalue weighted by atomic mass is 32.1. The number of benzene rings is 1.